The van der Waals surface area contributed by atoms with Crippen LogP contribution in [0.5, 0.6) is 0 Å². The van der Waals surface area contributed by atoms with Gasteiger partial charge in [-0.3, -0.25) is 4.18 Å². The van der Waals surface area contributed by atoms with Crippen molar-refractivity contribution in [2.24, 2.45) is 0 Å². The minimum Gasteiger partial charge on any atom is -0.443 e. The molecule has 1 atom stereocenters. The topological polar surface area (TPSA) is 82.1 Å². The number of amides is 1. The van der Waals surface area contributed by atoms with Crippen molar-refractivity contribution in [3.8, 4) is 0 Å². The fourth-order valence-corrected chi connectivity index (χ4v) is 9.86. The Balaban J connectivity index is 2.02. The van der Waals surface area contributed by atoms with E-state index in [9.17, 15) is 13.2 Å². The van der Waals surface area contributed by atoms with E-state index in [4.69, 9.17) is 13.3 Å². The highest BCUT2D eigenvalue weighted by atomic mass is 32.2. The Bertz CT molecular complexity index is 1020. The molecule has 1 fully saturated rings. The van der Waals surface area contributed by atoms with Crippen molar-refractivity contribution in [1.29, 1.82) is 0 Å². The van der Waals surface area contributed by atoms with E-state index < -0.39 is 36.4 Å². The first-order chi connectivity index (χ1) is 15.3. The van der Waals surface area contributed by atoms with Crippen LogP contribution in [0.3, 0.4) is 0 Å². The molecule has 0 aromatic heterocycles. The Hall–Kier alpha value is -2.20. The third-order valence-corrected chi connectivity index (χ3v) is 11.8. The summed E-state index contributed by atoms with van der Waals surface area (Å²) >= 11 is 0. The van der Waals surface area contributed by atoms with Crippen molar-refractivity contribution < 1.29 is 26.6 Å². The van der Waals surface area contributed by atoms with Gasteiger partial charge in [0.05, 0.1) is 13.2 Å². The predicted octanol–water partition coefficient (Wildman–Crippen LogP) is 3.44. The molecule has 1 amide bonds. The SMILES string of the molecule is CC(C)(C)OC(=O)N1C(CO[Si](c2ccccc2)(c2ccccc2)C(C)(C)C)COS1(=O)=O. The van der Waals surface area contributed by atoms with E-state index in [1.165, 1.54) is 0 Å². The smallest absolute Gasteiger partial charge is 0.426 e. The van der Waals surface area contributed by atoms with Crippen LogP contribution < -0.4 is 10.4 Å². The van der Waals surface area contributed by atoms with Gasteiger partial charge < -0.3 is 9.16 Å². The average molecular weight is 492 g/mol. The van der Waals surface area contributed by atoms with Gasteiger partial charge in [0.1, 0.15) is 11.6 Å². The summed E-state index contributed by atoms with van der Waals surface area (Å²) in [6.45, 7) is 11.3. The normalized spacial score (nSPS) is 18.8. The molecule has 1 saturated heterocycles. The summed E-state index contributed by atoms with van der Waals surface area (Å²) in [6.07, 6.45) is -0.962. The fourth-order valence-electron chi connectivity index (χ4n) is 4.12. The van der Waals surface area contributed by atoms with E-state index in [1.54, 1.807) is 20.8 Å². The van der Waals surface area contributed by atoms with Gasteiger partial charge in [-0.2, -0.15) is 12.7 Å². The van der Waals surface area contributed by atoms with Crippen molar-refractivity contribution >= 4 is 35.1 Å². The number of rotatable bonds is 5. The molecule has 3 rings (SSSR count). The van der Waals surface area contributed by atoms with Crippen LogP contribution in [0.2, 0.25) is 5.04 Å². The second kappa shape index (κ2) is 9.21. The second-order valence-corrected chi connectivity index (χ2v) is 15.9. The first kappa shape index (κ1) is 25.4. The summed E-state index contributed by atoms with van der Waals surface area (Å²) in [5, 5.41) is 1.84. The van der Waals surface area contributed by atoms with Crippen LogP contribution in [-0.4, -0.2) is 52.0 Å². The molecule has 2 aromatic carbocycles. The monoisotopic (exact) mass is 491 g/mol. The quantitative estimate of drug-likeness (QED) is 0.596. The van der Waals surface area contributed by atoms with Crippen molar-refractivity contribution in [3.05, 3.63) is 60.7 Å². The van der Waals surface area contributed by atoms with Gasteiger partial charge in [0.2, 0.25) is 0 Å². The summed E-state index contributed by atoms with van der Waals surface area (Å²) in [7, 11) is -7.15. The molecule has 2 aromatic rings. The molecule has 1 heterocycles. The van der Waals surface area contributed by atoms with E-state index in [0.29, 0.717) is 4.31 Å². The van der Waals surface area contributed by atoms with E-state index >= 15 is 0 Å². The van der Waals surface area contributed by atoms with Crippen LogP contribution in [0.4, 0.5) is 4.79 Å². The van der Waals surface area contributed by atoms with Crippen molar-refractivity contribution in [2.45, 2.75) is 58.2 Å². The minimum absolute atomic E-state index is 0.00818. The molecule has 0 spiro atoms. The van der Waals surface area contributed by atoms with Gasteiger partial charge in [0, 0.05) is 0 Å². The van der Waals surface area contributed by atoms with Crippen LogP contribution in [0.15, 0.2) is 60.7 Å². The first-order valence-corrected chi connectivity index (χ1v) is 14.2. The number of hydrogen-bond donors (Lipinski definition) is 0. The van der Waals surface area contributed by atoms with Gasteiger partial charge in [-0.25, -0.2) is 4.79 Å². The number of hydrogen-bond acceptors (Lipinski definition) is 6. The molecular formula is C24H33NO6SSi. The molecule has 1 unspecified atom stereocenters. The number of ether oxygens (including phenoxy) is 1. The number of nitrogens with zero attached hydrogens (tertiary/aromatic N) is 1. The molecule has 1 aliphatic rings. The lowest BCUT2D eigenvalue weighted by Crippen LogP contribution is -2.67. The fraction of sp³-hybridized carbons (Fsp3) is 0.458. The summed E-state index contributed by atoms with van der Waals surface area (Å²) in [4.78, 5) is 12.7. The number of benzene rings is 2. The Labute approximate surface area is 198 Å². The number of carbonyl (C=O) groups is 1. The largest absolute Gasteiger partial charge is 0.443 e. The number of carbonyl (C=O) groups excluding carboxylic acids is 1. The zero-order valence-electron chi connectivity index (χ0n) is 20.1. The van der Waals surface area contributed by atoms with Crippen LogP contribution in [0, 0.1) is 0 Å². The van der Waals surface area contributed by atoms with Gasteiger partial charge in [-0.15, -0.1) is 0 Å². The third-order valence-electron chi connectivity index (χ3n) is 5.46. The highest BCUT2D eigenvalue weighted by Gasteiger charge is 2.52. The van der Waals surface area contributed by atoms with Gasteiger partial charge in [0.15, 0.2) is 0 Å². The standard InChI is InChI=1S/C24H33NO6SSi/c1-23(2,3)31-22(26)25-19(17-29-32(25,27)28)18-30-33(24(4,5)6,20-13-9-7-10-14-20)21-15-11-8-12-16-21/h7-16,19H,17-18H2,1-6H3. The Kier molecular flexibility index (Phi) is 7.09. The Morgan fingerprint density at radius 3 is 1.88 bits per heavy atom. The van der Waals surface area contributed by atoms with Crippen LogP contribution in [0.1, 0.15) is 41.5 Å². The molecule has 33 heavy (non-hydrogen) atoms. The molecule has 1 aliphatic heterocycles. The maximum absolute atomic E-state index is 12.7. The van der Waals surface area contributed by atoms with E-state index in [1.807, 2.05) is 36.4 Å². The molecule has 7 nitrogen and oxygen atoms in total. The van der Waals surface area contributed by atoms with Gasteiger partial charge >= 0.3 is 16.4 Å². The lowest BCUT2D eigenvalue weighted by molar-refractivity contribution is 0.0324. The Morgan fingerprint density at radius 2 is 1.45 bits per heavy atom. The molecular weight excluding hydrogens is 458 g/mol. The van der Waals surface area contributed by atoms with Crippen LogP contribution in [-0.2, 0) is 23.7 Å². The highest BCUT2D eigenvalue weighted by molar-refractivity contribution is 7.85. The molecule has 0 bridgehead atoms. The van der Waals surface area contributed by atoms with Gasteiger partial charge in [-0.1, -0.05) is 81.4 Å². The average Bonchev–Trinajstić information content (AvgIpc) is 3.02. The summed E-state index contributed by atoms with van der Waals surface area (Å²) < 4.78 is 42.9. The van der Waals surface area contributed by atoms with Gasteiger partial charge in [-0.05, 0) is 36.2 Å². The predicted molar refractivity (Wildman–Crippen MR) is 130 cm³/mol. The minimum atomic E-state index is -4.25. The van der Waals surface area contributed by atoms with Crippen molar-refractivity contribution in [3.63, 3.8) is 0 Å². The summed E-state index contributed by atoms with van der Waals surface area (Å²) in [5.74, 6) is 0. The lowest BCUT2D eigenvalue weighted by Gasteiger charge is -2.43. The molecule has 0 radical (unpaired) electrons. The lowest BCUT2D eigenvalue weighted by atomic mass is 10.2. The van der Waals surface area contributed by atoms with E-state index in [2.05, 4.69) is 45.0 Å². The molecule has 180 valence electrons. The Morgan fingerprint density at radius 1 is 0.970 bits per heavy atom. The van der Waals surface area contributed by atoms with Crippen molar-refractivity contribution in [2.75, 3.05) is 13.2 Å². The third kappa shape index (κ3) is 5.32. The van der Waals surface area contributed by atoms with E-state index in [0.717, 1.165) is 10.4 Å². The summed E-state index contributed by atoms with van der Waals surface area (Å²) in [5.41, 5.74) is -0.849. The summed E-state index contributed by atoms with van der Waals surface area (Å²) in [6, 6.07) is 19.2. The van der Waals surface area contributed by atoms with Crippen LogP contribution in [0.25, 0.3) is 0 Å². The highest BCUT2D eigenvalue weighted by Crippen LogP contribution is 2.37. The van der Waals surface area contributed by atoms with Crippen LogP contribution >= 0.6 is 0 Å². The first-order valence-electron chi connectivity index (χ1n) is 10.9. The molecule has 9 heteroatoms. The van der Waals surface area contributed by atoms with E-state index in [-0.39, 0.29) is 18.3 Å². The van der Waals surface area contributed by atoms with Crippen molar-refractivity contribution in [1.82, 2.24) is 4.31 Å². The zero-order valence-corrected chi connectivity index (χ0v) is 21.9. The zero-order chi connectivity index (χ0) is 24.5. The van der Waals surface area contributed by atoms with Gasteiger partial charge in [0.25, 0.3) is 8.32 Å². The second-order valence-electron chi connectivity index (χ2n) is 10.1. The maximum Gasteiger partial charge on any atom is 0.426 e. The molecule has 0 saturated carbocycles. The molecule has 0 aliphatic carbocycles. The maximum atomic E-state index is 12.7. The molecule has 0 N–H and O–H groups in total.